The number of benzene rings is 1. The zero-order valence-electron chi connectivity index (χ0n) is 17.4. The Bertz CT molecular complexity index is 1180. The van der Waals surface area contributed by atoms with Gasteiger partial charge in [-0.05, 0) is 68.6 Å². The van der Waals surface area contributed by atoms with Crippen LogP contribution in [0.1, 0.15) is 28.8 Å². The number of nitrogens with one attached hydrogen (secondary N) is 1. The molecule has 1 aliphatic heterocycles. The second-order valence-electron chi connectivity index (χ2n) is 6.44. The summed E-state index contributed by atoms with van der Waals surface area (Å²) < 4.78 is 22.0. The van der Waals surface area contributed by atoms with Gasteiger partial charge in [0.25, 0.3) is 5.91 Å². The predicted molar refractivity (Wildman–Crippen MR) is 121 cm³/mol. The number of hydrogen-bond donors (Lipinski definition) is 1. The van der Waals surface area contributed by atoms with Crippen LogP contribution in [0.15, 0.2) is 37.3 Å². The molecule has 0 saturated carbocycles. The molecule has 0 aliphatic carbocycles. The van der Waals surface area contributed by atoms with Gasteiger partial charge in [0.2, 0.25) is 5.76 Å². The van der Waals surface area contributed by atoms with Crippen LogP contribution in [-0.4, -0.2) is 43.1 Å². The molecule has 33 heavy (non-hydrogen) atoms. The molecular formula is C21H17Br2N3O7. The van der Waals surface area contributed by atoms with Gasteiger partial charge in [-0.2, -0.15) is 5.26 Å². The van der Waals surface area contributed by atoms with Gasteiger partial charge in [0.15, 0.2) is 18.1 Å². The van der Waals surface area contributed by atoms with E-state index in [9.17, 15) is 14.4 Å². The SMILES string of the molecule is CCOc1cc(/C=C2\NC(=O)N(Cc3ccc(C(=O)OC)o3)C2=O)c(Br)c(Br)c1OCC#N. The number of nitriles is 1. The molecule has 0 atom stereocenters. The van der Waals surface area contributed by atoms with Gasteiger partial charge in [-0.15, -0.1) is 0 Å². The van der Waals surface area contributed by atoms with Crippen LogP contribution < -0.4 is 14.8 Å². The fourth-order valence-corrected chi connectivity index (χ4v) is 3.86. The molecule has 3 rings (SSSR count). The van der Waals surface area contributed by atoms with Crippen LogP contribution in [0.4, 0.5) is 4.79 Å². The zero-order chi connectivity index (χ0) is 24.1. The number of ether oxygens (including phenoxy) is 3. The van der Waals surface area contributed by atoms with Crippen molar-refractivity contribution < 1.29 is 33.0 Å². The van der Waals surface area contributed by atoms with E-state index in [1.54, 1.807) is 13.0 Å². The summed E-state index contributed by atoms with van der Waals surface area (Å²) in [5, 5.41) is 11.3. The third kappa shape index (κ3) is 5.20. The van der Waals surface area contributed by atoms with Crippen LogP contribution in [0.3, 0.4) is 0 Å². The van der Waals surface area contributed by atoms with Gasteiger partial charge in [-0.1, -0.05) is 0 Å². The van der Waals surface area contributed by atoms with E-state index in [4.69, 9.17) is 19.2 Å². The van der Waals surface area contributed by atoms with E-state index in [-0.39, 0.29) is 30.4 Å². The first kappa shape index (κ1) is 24.3. The van der Waals surface area contributed by atoms with Gasteiger partial charge in [-0.3, -0.25) is 9.69 Å². The summed E-state index contributed by atoms with van der Waals surface area (Å²) in [5.41, 5.74) is 0.548. The molecule has 0 spiro atoms. The second-order valence-corrected chi connectivity index (χ2v) is 8.02. The fourth-order valence-electron chi connectivity index (χ4n) is 2.91. The van der Waals surface area contributed by atoms with Crippen molar-refractivity contribution in [2.75, 3.05) is 20.3 Å². The molecule has 0 radical (unpaired) electrons. The Labute approximate surface area is 205 Å². The predicted octanol–water partition coefficient (Wildman–Crippen LogP) is 3.99. The van der Waals surface area contributed by atoms with Crippen LogP contribution in [-0.2, 0) is 16.1 Å². The fraction of sp³-hybridized carbons (Fsp3) is 0.238. The topological polar surface area (TPSA) is 131 Å². The van der Waals surface area contributed by atoms with Crippen molar-refractivity contribution in [1.29, 1.82) is 5.26 Å². The molecule has 2 aromatic rings. The minimum absolute atomic E-state index is 0.0282. The highest BCUT2D eigenvalue weighted by Crippen LogP contribution is 2.43. The Balaban J connectivity index is 1.88. The molecule has 3 amide bonds. The number of carbonyl (C=O) groups is 3. The van der Waals surface area contributed by atoms with Crippen molar-refractivity contribution in [3.63, 3.8) is 0 Å². The summed E-state index contributed by atoms with van der Waals surface area (Å²) in [4.78, 5) is 37.7. The van der Waals surface area contributed by atoms with Gasteiger partial charge >= 0.3 is 12.0 Å². The maximum atomic E-state index is 12.9. The number of urea groups is 1. The largest absolute Gasteiger partial charge is 0.490 e. The van der Waals surface area contributed by atoms with Crippen molar-refractivity contribution >= 4 is 55.8 Å². The van der Waals surface area contributed by atoms with Crippen LogP contribution in [0.2, 0.25) is 0 Å². The average molecular weight is 583 g/mol. The Morgan fingerprint density at radius 3 is 2.70 bits per heavy atom. The Kier molecular flexibility index (Phi) is 7.78. The van der Waals surface area contributed by atoms with E-state index >= 15 is 0 Å². The Morgan fingerprint density at radius 2 is 2.03 bits per heavy atom. The van der Waals surface area contributed by atoms with Crippen LogP contribution in [0.5, 0.6) is 11.5 Å². The highest BCUT2D eigenvalue weighted by Gasteiger charge is 2.34. The van der Waals surface area contributed by atoms with E-state index in [2.05, 4.69) is 41.9 Å². The maximum Gasteiger partial charge on any atom is 0.373 e. The lowest BCUT2D eigenvalue weighted by atomic mass is 10.1. The van der Waals surface area contributed by atoms with Crippen LogP contribution in [0, 0.1) is 11.3 Å². The molecule has 1 aromatic carbocycles. The Morgan fingerprint density at radius 1 is 1.27 bits per heavy atom. The van der Waals surface area contributed by atoms with E-state index < -0.39 is 17.9 Å². The van der Waals surface area contributed by atoms with E-state index in [0.717, 1.165) is 4.90 Å². The summed E-state index contributed by atoms with van der Waals surface area (Å²) in [6.45, 7) is 1.78. The number of esters is 1. The number of nitrogens with zero attached hydrogens (tertiary/aromatic N) is 2. The third-order valence-corrected chi connectivity index (χ3v) is 6.50. The van der Waals surface area contributed by atoms with E-state index in [1.165, 1.54) is 25.3 Å². The molecule has 10 nitrogen and oxygen atoms in total. The molecule has 1 aliphatic rings. The van der Waals surface area contributed by atoms with Crippen molar-refractivity contribution in [3.05, 3.63) is 49.9 Å². The number of hydrogen-bond acceptors (Lipinski definition) is 8. The summed E-state index contributed by atoms with van der Waals surface area (Å²) >= 11 is 6.85. The minimum Gasteiger partial charge on any atom is -0.490 e. The first-order chi connectivity index (χ1) is 15.8. The second kappa shape index (κ2) is 10.5. The first-order valence-corrected chi connectivity index (χ1v) is 11.0. The zero-order valence-corrected chi connectivity index (χ0v) is 20.6. The van der Waals surface area contributed by atoms with Gasteiger partial charge in [-0.25, -0.2) is 9.59 Å². The number of methoxy groups -OCH3 is 1. The Hall–Kier alpha value is -3.30. The van der Waals surface area contributed by atoms with Crippen molar-refractivity contribution in [1.82, 2.24) is 10.2 Å². The van der Waals surface area contributed by atoms with Crippen molar-refractivity contribution in [2.45, 2.75) is 13.5 Å². The smallest absolute Gasteiger partial charge is 0.373 e. The maximum absolute atomic E-state index is 12.9. The van der Waals surface area contributed by atoms with E-state index in [1.807, 2.05) is 6.07 Å². The molecule has 12 heteroatoms. The third-order valence-electron chi connectivity index (χ3n) is 4.36. The van der Waals surface area contributed by atoms with Crippen molar-refractivity contribution in [2.24, 2.45) is 0 Å². The molecule has 1 aromatic heterocycles. The van der Waals surface area contributed by atoms with Crippen LogP contribution >= 0.6 is 31.9 Å². The number of amides is 3. The minimum atomic E-state index is -0.665. The van der Waals surface area contributed by atoms with E-state index in [0.29, 0.717) is 32.6 Å². The number of carbonyl (C=O) groups excluding carboxylic acids is 3. The molecule has 172 valence electrons. The molecule has 1 saturated heterocycles. The number of imide groups is 1. The quantitative estimate of drug-likeness (QED) is 0.281. The van der Waals surface area contributed by atoms with Crippen molar-refractivity contribution in [3.8, 4) is 17.6 Å². The van der Waals surface area contributed by atoms with Crippen LogP contribution in [0.25, 0.3) is 6.08 Å². The normalized spacial score (nSPS) is 14.3. The monoisotopic (exact) mass is 581 g/mol. The molecule has 1 fully saturated rings. The first-order valence-electron chi connectivity index (χ1n) is 9.46. The summed E-state index contributed by atoms with van der Waals surface area (Å²) in [6.07, 6.45) is 1.48. The molecule has 0 unspecified atom stereocenters. The summed E-state index contributed by atoms with van der Waals surface area (Å²) in [5.74, 6) is -0.360. The molecule has 1 N–H and O–H groups in total. The van der Waals surface area contributed by atoms with Gasteiger partial charge in [0.1, 0.15) is 17.5 Å². The van der Waals surface area contributed by atoms with Gasteiger partial charge in [0, 0.05) is 4.47 Å². The average Bonchev–Trinajstić information content (AvgIpc) is 3.37. The summed E-state index contributed by atoms with van der Waals surface area (Å²) in [6, 6.07) is 5.75. The standard InChI is InChI=1S/C21H17Br2N3O7/c1-3-31-15-9-11(16(22)17(23)18(15)32-7-6-24)8-13-19(27)26(21(29)25-13)10-12-4-5-14(33-12)20(28)30-2/h4-5,8-9H,3,7,10H2,1-2H3,(H,25,29)/b13-8-. The molecular weight excluding hydrogens is 566 g/mol. The van der Waals surface area contributed by atoms with Gasteiger partial charge in [0.05, 0.1) is 24.7 Å². The summed E-state index contributed by atoms with van der Waals surface area (Å²) in [7, 11) is 1.22. The number of rotatable bonds is 8. The highest BCUT2D eigenvalue weighted by atomic mass is 79.9. The highest BCUT2D eigenvalue weighted by molar-refractivity contribution is 9.13. The number of furan rings is 1. The molecule has 0 bridgehead atoms. The number of halogens is 2. The van der Waals surface area contributed by atoms with Gasteiger partial charge < -0.3 is 23.9 Å². The lowest BCUT2D eigenvalue weighted by Crippen LogP contribution is -2.30. The molecule has 2 heterocycles. The lowest BCUT2D eigenvalue weighted by molar-refractivity contribution is -0.123. The lowest BCUT2D eigenvalue weighted by Gasteiger charge is -2.15.